The second-order valence-corrected chi connectivity index (χ2v) is 7.98. The summed E-state index contributed by atoms with van der Waals surface area (Å²) < 4.78 is 5.28. The summed E-state index contributed by atoms with van der Waals surface area (Å²) in [5.41, 5.74) is -1.06. The van der Waals surface area contributed by atoms with E-state index in [9.17, 15) is 14.7 Å². The van der Waals surface area contributed by atoms with Gasteiger partial charge in [0, 0.05) is 33.1 Å². The van der Waals surface area contributed by atoms with Crippen LogP contribution in [-0.4, -0.2) is 77.4 Å². The van der Waals surface area contributed by atoms with Crippen molar-refractivity contribution in [1.29, 1.82) is 0 Å². The Hall–Kier alpha value is -1.34. The molecule has 0 spiro atoms. The molecule has 1 heterocycles. The van der Waals surface area contributed by atoms with E-state index < -0.39 is 17.2 Å². The molecule has 2 amide bonds. The van der Waals surface area contributed by atoms with Crippen molar-refractivity contribution in [3.05, 3.63) is 0 Å². The van der Waals surface area contributed by atoms with Crippen LogP contribution in [0.2, 0.25) is 0 Å². The zero-order chi connectivity index (χ0) is 18.0. The number of ether oxygens (including phenoxy) is 1. The summed E-state index contributed by atoms with van der Waals surface area (Å²) in [7, 11) is 0. The number of nitrogens with one attached hydrogen (secondary N) is 1. The minimum Gasteiger partial charge on any atom is -0.444 e. The molecule has 138 valence electrons. The van der Waals surface area contributed by atoms with Crippen LogP contribution in [-0.2, 0) is 9.53 Å². The second kappa shape index (κ2) is 7.27. The predicted octanol–water partition coefficient (Wildman–Crippen LogP) is 0.816. The lowest BCUT2D eigenvalue weighted by Gasteiger charge is -2.34. The Kier molecular flexibility index (Phi) is 5.75. The Labute approximate surface area is 144 Å². The van der Waals surface area contributed by atoms with Crippen molar-refractivity contribution in [1.82, 2.24) is 15.1 Å². The molecule has 0 radical (unpaired) electrons. The number of hydrogen-bond donors (Lipinski definition) is 2. The molecule has 2 fully saturated rings. The van der Waals surface area contributed by atoms with Gasteiger partial charge in [-0.25, -0.2) is 4.79 Å². The zero-order valence-electron chi connectivity index (χ0n) is 15.3. The highest BCUT2D eigenvalue weighted by atomic mass is 16.6. The summed E-state index contributed by atoms with van der Waals surface area (Å²) in [5, 5.41) is 12.5. The Morgan fingerprint density at radius 3 is 2.38 bits per heavy atom. The van der Waals surface area contributed by atoms with E-state index in [1.807, 2.05) is 25.7 Å². The number of amides is 2. The summed E-state index contributed by atoms with van der Waals surface area (Å²) in [4.78, 5) is 27.5. The molecule has 0 aromatic rings. The summed E-state index contributed by atoms with van der Waals surface area (Å²) in [6.45, 7) is 11.3. The number of nitrogens with zero attached hydrogens (tertiary/aromatic N) is 2. The number of rotatable bonds is 5. The third kappa shape index (κ3) is 5.08. The van der Waals surface area contributed by atoms with Gasteiger partial charge in [-0.05, 0) is 46.1 Å². The smallest absolute Gasteiger partial charge is 0.408 e. The van der Waals surface area contributed by atoms with Crippen LogP contribution in [0.4, 0.5) is 4.79 Å². The number of aliphatic hydroxyl groups excluding tert-OH is 1. The van der Waals surface area contributed by atoms with Gasteiger partial charge in [-0.1, -0.05) is 0 Å². The third-order valence-electron chi connectivity index (χ3n) is 4.88. The monoisotopic (exact) mass is 341 g/mol. The van der Waals surface area contributed by atoms with Gasteiger partial charge in [-0.2, -0.15) is 0 Å². The van der Waals surface area contributed by atoms with Crippen molar-refractivity contribution in [3.8, 4) is 0 Å². The van der Waals surface area contributed by atoms with Gasteiger partial charge in [0.2, 0.25) is 5.91 Å². The van der Waals surface area contributed by atoms with Crippen LogP contribution in [0.1, 0.15) is 40.5 Å². The van der Waals surface area contributed by atoms with Gasteiger partial charge in [0.25, 0.3) is 0 Å². The fourth-order valence-corrected chi connectivity index (χ4v) is 3.28. The van der Waals surface area contributed by atoms with Gasteiger partial charge < -0.3 is 20.1 Å². The number of hydrogen-bond acceptors (Lipinski definition) is 5. The van der Waals surface area contributed by atoms with Crippen LogP contribution < -0.4 is 5.32 Å². The minimum atomic E-state index is -0.540. The van der Waals surface area contributed by atoms with Gasteiger partial charge in [0.15, 0.2) is 0 Å². The predicted molar refractivity (Wildman–Crippen MR) is 90.6 cm³/mol. The lowest BCUT2D eigenvalue weighted by molar-refractivity contribution is -0.130. The van der Waals surface area contributed by atoms with Gasteiger partial charge in [-0.15, -0.1) is 0 Å². The number of carbonyl (C=O) groups excluding carboxylic acids is 2. The highest BCUT2D eigenvalue weighted by Gasteiger charge is 2.55. The van der Waals surface area contributed by atoms with E-state index in [2.05, 4.69) is 10.2 Å². The minimum absolute atomic E-state index is 0.0605. The maximum atomic E-state index is 11.9. The van der Waals surface area contributed by atoms with Crippen LogP contribution in [0.15, 0.2) is 0 Å². The first-order valence-corrected chi connectivity index (χ1v) is 8.75. The summed E-state index contributed by atoms with van der Waals surface area (Å²) in [5.74, 6) is 0.415. The maximum absolute atomic E-state index is 11.9. The molecule has 0 aromatic heterocycles. The average molecular weight is 341 g/mol. The fourth-order valence-electron chi connectivity index (χ4n) is 3.28. The van der Waals surface area contributed by atoms with Gasteiger partial charge in [0.1, 0.15) is 5.60 Å². The van der Waals surface area contributed by atoms with Crippen molar-refractivity contribution < 1.29 is 19.4 Å². The number of carbonyl (C=O) groups is 2. The van der Waals surface area contributed by atoms with Gasteiger partial charge >= 0.3 is 6.09 Å². The highest BCUT2D eigenvalue weighted by molar-refractivity contribution is 5.73. The molecule has 24 heavy (non-hydrogen) atoms. The molecule has 1 saturated carbocycles. The van der Waals surface area contributed by atoms with E-state index in [1.54, 1.807) is 6.92 Å². The normalized spacial score (nSPS) is 27.7. The number of aliphatic hydroxyl groups is 1. The van der Waals surface area contributed by atoms with Crippen molar-refractivity contribution in [2.75, 3.05) is 39.3 Å². The Morgan fingerprint density at radius 1 is 1.25 bits per heavy atom. The van der Waals surface area contributed by atoms with E-state index in [1.165, 1.54) is 0 Å². The fraction of sp³-hybridized carbons (Fsp3) is 0.882. The molecule has 1 aliphatic heterocycles. The standard InChI is InChI=1S/C17H31N3O4/c1-13(22)20-9-7-19(8-10-20)6-5-14-11-17(14,12-21)18-15(23)24-16(2,3)4/h14,21H,5-12H2,1-4H3,(H,18,23)/t14-,17+/m1/s1. The van der Waals surface area contributed by atoms with E-state index in [-0.39, 0.29) is 18.4 Å². The quantitative estimate of drug-likeness (QED) is 0.773. The molecular weight excluding hydrogens is 310 g/mol. The van der Waals surface area contributed by atoms with Crippen molar-refractivity contribution in [3.63, 3.8) is 0 Å². The van der Waals surface area contributed by atoms with Crippen LogP contribution in [0.25, 0.3) is 0 Å². The lowest BCUT2D eigenvalue weighted by Crippen LogP contribution is -2.48. The molecule has 2 rings (SSSR count). The molecule has 0 bridgehead atoms. The van der Waals surface area contributed by atoms with E-state index in [0.29, 0.717) is 0 Å². The molecule has 0 aromatic carbocycles. The number of piperazine rings is 1. The molecule has 0 unspecified atom stereocenters. The Bertz CT molecular complexity index is 469. The molecule has 7 nitrogen and oxygen atoms in total. The number of alkyl carbamates (subject to hydrolysis) is 1. The summed E-state index contributed by atoms with van der Waals surface area (Å²) in [6, 6.07) is 0. The molecule has 2 atom stereocenters. The van der Waals surface area contributed by atoms with E-state index in [0.717, 1.165) is 45.6 Å². The third-order valence-corrected chi connectivity index (χ3v) is 4.88. The van der Waals surface area contributed by atoms with Crippen LogP contribution >= 0.6 is 0 Å². The largest absolute Gasteiger partial charge is 0.444 e. The molecule has 2 N–H and O–H groups in total. The van der Waals surface area contributed by atoms with Crippen molar-refractivity contribution in [2.45, 2.75) is 51.7 Å². The first-order valence-electron chi connectivity index (χ1n) is 8.75. The Balaban J connectivity index is 1.73. The van der Waals surface area contributed by atoms with Gasteiger partial charge in [0.05, 0.1) is 12.1 Å². The van der Waals surface area contributed by atoms with Crippen LogP contribution in [0, 0.1) is 5.92 Å². The van der Waals surface area contributed by atoms with Crippen molar-refractivity contribution in [2.24, 2.45) is 5.92 Å². The molecule has 1 saturated heterocycles. The van der Waals surface area contributed by atoms with E-state index in [4.69, 9.17) is 4.74 Å². The summed E-state index contributed by atoms with van der Waals surface area (Å²) >= 11 is 0. The first-order chi connectivity index (χ1) is 11.1. The topological polar surface area (TPSA) is 82.1 Å². The average Bonchev–Trinajstić information content (AvgIpc) is 3.16. The highest BCUT2D eigenvalue weighted by Crippen LogP contribution is 2.45. The zero-order valence-corrected chi connectivity index (χ0v) is 15.3. The molecular formula is C17H31N3O4. The lowest BCUT2D eigenvalue weighted by atomic mass is 10.1. The van der Waals surface area contributed by atoms with E-state index >= 15 is 0 Å². The van der Waals surface area contributed by atoms with Crippen LogP contribution in [0.5, 0.6) is 0 Å². The molecule has 2 aliphatic rings. The Morgan fingerprint density at radius 2 is 1.88 bits per heavy atom. The summed E-state index contributed by atoms with van der Waals surface area (Å²) in [6.07, 6.45) is 1.25. The second-order valence-electron chi connectivity index (χ2n) is 7.98. The molecule has 1 aliphatic carbocycles. The van der Waals surface area contributed by atoms with Crippen LogP contribution in [0.3, 0.4) is 0 Å². The molecule has 7 heteroatoms. The maximum Gasteiger partial charge on any atom is 0.408 e. The SMILES string of the molecule is CC(=O)N1CCN(CC[C@@H]2C[C@@]2(CO)NC(=O)OC(C)(C)C)CC1. The van der Waals surface area contributed by atoms with Crippen molar-refractivity contribution >= 4 is 12.0 Å². The first kappa shape index (κ1) is 19.0. The van der Waals surface area contributed by atoms with Gasteiger partial charge in [-0.3, -0.25) is 9.69 Å².